The topological polar surface area (TPSA) is 63.6 Å². The van der Waals surface area contributed by atoms with E-state index < -0.39 is 17.5 Å². The second-order valence-electron chi connectivity index (χ2n) is 4.43. The predicted molar refractivity (Wildman–Crippen MR) is 67.0 cm³/mol. The minimum atomic E-state index is -1.16. The lowest BCUT2D eigenvalue weighted by molar-refractivity contribution is -0.152. The Morgan fingerprint density at radius 3 is 2.28 bits per heavy atom. The molecule has 0 fully saturated rings. The van der Waals surface area contributed by atoms with Crippen molar-refractivity contribution >= 4 is 11.9 Å². The minimum Gasteiger partial charge on any atom is -0.478 e. The van der Waals surface area contributed by atoms with Gasteiger partial charge in [0.25, 0.3) is 0 Å². The molecule has 0 aliphatic heterocycles. The average Bonchev–Trinajstić information content (AvgIpc) is 2.28. The van der Waals surface area contributed by atoms with Crippen molar-refractivity contribution in [3.63, 3.8) is 0 Å². The number of carboxylic acid groups (broad SMARTS) is 1. The van der Waals surface area contributed by atoms with Crippen LogP contribution in [0.2, 0.25) is 0 Å². The summed E-state index contributed by atoms with van der Waals surface area (Å²) < 4.78 is 5.32. The maximum absolute atomic E-state index is 11.7. The van der Waals surface area contributed by atoms with Crippen LogP contribution in [0.3, 0.4) is 0 Å². The van der Waals surface area contributed by atoms with E-state index in [0.29, 0.717) is 0 Å². The van der Waals surface area contributed by atoms with Crippen LogP contribution in [-0.2, 0) is 19.9 Å². The molecule has 0 saturated heterocycles. The summed E-state index contributed by atoms with van der Waals surface area (Å²) in [5, 5.41) is 8.56. The average molecular weight is 248 g/mol. The molecule has 0 saturated carbocycles. The molecule has 0 unspecified atom stereocenters. The Morgan fingerprint density at radius 2 is 1.78 bits per heavy atom. The van der Waals surface area contributed by atoms with Crippen molar-refractivity contribution in [1.82, 2.24) is 0 Å². The van der Waals surface area contributed by atoms with E-state index in [-0.39, 0.29) is 5.57 Å². The van der Waals surface area contributed by atoms with Crippen LogP contribution in [0.4, 0.5) is 0 Å². The Kier molecular flexibility index (Phi) is 4.26. The van der Waals surface area contributed by atoms with Gasteiger partial charge in [0.05, 0.1) is 0 Å². The monoisotopic (exact) mass is 248 g/mol. The summed E-state index contributed by atoms with van der Waals surface area (Å²) in [6.45, 7) is 4.93. The lowest BCUT2D eigenvalue weighted by Gasteiger charge is -2.25. The van der Waals surface area contributed by atoms with Crippen molar-refractivity contribution in [3.8, 4) is 0 Å². The van der Waals surface area contributed by atoms with Crippen LogP contribution >= 0.6 is 0 Å². The van der Waals surface area contributed by atoms with Gasteiger partial charge in [-0.3, -0.25) is 0 Å². The number of hydrogen-bond acceptors (Lipinski definition) is 3. The minimum absolute atomic E-state index is 0.0616. The van der Waals surface area contributed by atoms with Gasteiger partial charge in [-0.1, -0.05) is 30.3 Å². The highest BCUT2D eigenvalue weighted by Gasteiger charge is 2.25. The molecular weight excluding hydrogens is 232 g/mol. The van der Waals surface area contributed by atoms with E-state index in [1.54, 1.807) is 13.8 Å². The van der Waals surface area contributed by atoms with Crippen LogP contribution in [0, 0.1) is 0 Å². The molecule has 0 amide bonds. The van der Waals surface area contributed by atoms with Crippen molar-refractivity contribution in [2.45, 2.75) is 26.4 Å². The molecular formula is C14H16O4. The molecule has 0 aliphatic rings. The molecule has 0 radical (unpaired) electrons. The van der Waals surface area contributed by atoms with E-state index in [9.17, 15) is 9.59 Å². The zero-order chi connectivity index (χ0) is 13.8. The second kappa shape index (κ2) is 5.49. The number of carbonyl (C=O) groups excluding carboxylic acids is 1. The number of esters is 1. The first kappa shape index (κ1) is 14.0. The molecule has 96 valence electrons. The lowest BCUT2D eigenvalue weighted by Crippen LogP contribution is -2.26. The third-order valence-corrected chi connectivity index (χ3v) is 2.48. The van der Waals surface area contributed by atoms with Gasteiger partial charge in [0, 0.05) is 11.6 Å². The van der Waals surface area contributed by atoms with Gasteiger partial charge in [-0.2, -0.15) is 0 Å². The van der Waals surface area contributed by atoms with Gasteiger partial charge < -0.3 is 9.84 Å². The van der Waals surface area contributed by atoms with Gasteiger partial charge in [-0.05, 0) is 26.3 Å². The second-order valence-corrected chi connectivity index (χ2v) is 4.43. The van der Waals surface area contributed by atoms with Crippen molar-refractivity contribution in [1.29, 1.82) is 0 Å². The first-order chi connectivity index (χ1) is 8.33. The molecule has 0 spiro atoms. The van der Waals surface area contributed by atoms with Crippen LogP contribution in [0.25, 0.3) is 0 Å². The summed E-state index contributed by atoms with van der Waals surface area (Å²) in [4.78, 5) is 22.2. The molecule has 4 heteroatoms. The van der Waals surface area contributed by atoms with E-state index in [0.717, 1.165) is 11.6 Å². The number of rotatable bonds is 4. The Bertz CT molecular complexity index is 472. The Morgan fingerprint density at radius 1 is 1.22 bits per heavy atom. The molecule has 0 heterocycles. The van der Waals surface area contributed by atoms with Crippen LogP contribution in [0.15, 0.2) is 42.0 Å². The van der Waals surface area contributed by atoms with Gasteiger partial charge in [0.1, 0.15) is 5.60 Å². The maximum Gasteiger partial charge on any atom is 0.334 e. The van der Waals surface area contributed by atoms with Gasteiger partial charge in [-0.25, -0.2) is 9.59 Å². The number of benzene rings is 1. The summed E-state index contributed by atoms with van der Waals surface area (Å²) in [5.41, 5.74) is 0.111. The third kappa shape index (κ3) is 3.73. The molecule has 0 bridgehead atoms. The number of carbonyl (C=O) groups is 2. The van der Waals surface area contributed by atoms with Gasteiger partial charge >= 0.3 is 11.9 Å². The van der Waals surface area contributed by atoms with Gasteiger partial charge in [0.2, 0.25) is 0 Å². The van der Waals surface area contributed by atoms with E-state index >= 15 is 0 Å². The standard InChI is InChI=1S/C14H16O4/c1-10(9-12(15)16)13(17)18-14(2,3)11-7-5-4-6-8-11/h4-9H,1-3H3,(H,15,16). The molecule has 18 heavy (non-hydrogen) atoms. The number of hydrogen-bond donors (Lipinski definition) is 1. The summed E-state index contributed by atoms with van der Waals surface area (Å²) in [7, 11) is 0. The summed E-state index contributed by atoms with van der Waals surface area (Å²) in [5.74, 6) is -1.80. The summed E-state index contributed by atoms with van der Waals surface area (Å²) >= 11 is 0. The zero-order valence-electron chi connectivity index (χ0n) is 10.6. The van der Waals surface area contributed by atoms with Crippen LogP contribution in [0.1, 0.15) is 26.3 Å². The molecule has 1 N–H and O–H groups in total. The maximum atomic E-state index is 11.7. The fourth-order valence-corrected chi connectivity index (χ4v) is 1.45. The SMILES string of the molecule is CC(=CC(=O)O)C(=O)OC(C)(C)c1ccccc1. The Hall–Kier alpha value is -2.10. The molecule has 4 nitrogen and oxygen atoms in total. The molecule has 0 aromatic heterocycles. The quantitative estimate of drug-likeness (QED) is 0.656. The largest absolute Gasteiger partial charge is 0.478 e. The predicted octanol–water partition coefficient (Wildman–Crippen LogP) is 2.50. The Labute approximate surface area is 106 Å². The number of ether oxygens (including phenoxy) is 1. The first-order valence-corrected chi connectivity index (χ1v) is 5.53. The van der Waals surface area contributed by atoms with Gasteiger partial charge in [0.15, 0.2) is 0 Å². The summed E-state index contributed by atoms with van der Waals surface area (Å²) in [6, 6.07) is 9.28. The lowest BCUT2D eigenvalue weighted by atomic mass is 9.98. The molecule has 1 aromatic rings. The van der Waals surface area contributed by atoms with Gasteiger partial charge in [-0.15, -0.1) is 0 Å². The highest BCUT2D eigenvalue weighted by molar-refractivity contribution is 5.95. The molecule has 1 rings (SSSR count). The molecule has 0 aliphatic carbocycles. The summed E-state index contributed by atoms with van der Waals surface area (Å²) in [6.07, 6.45) is 0.837. The fourth-order valence-electron chi connectivity index (χ4n) is 1.45. The van der Waals surface area contributed by atoms with E-state index in [1.807, 2.05) is 30.3 Å². The highest BCUT2D eigenvalue weighted by atomic mass is 16.6. The van der Waals surface area contributed by atoms with Crippen molar-refractivity contribution in [3.05, 3.63) is 47.5 Å². The van der Waals surface area contributed by atoms with Crippen molar-refractivity contribution in [2.24, 2.45) is 0 Å². The molecule has 0 atom stereocenters. The fraction of sp³-hybridized carbons (Fsp3) is 0.286. The number of carboxylic acids is 1. The smallest absolute Gasteiger partial charge is 0.334 e. The first-order valence-electron chi connectivity index (χ1n) is 5.53. The third-order valence-electron chi connectivity index (χ3n) is 2.48. The van der Waals surface area contributed by atoms with Crippen LogP contribution in [-0.4, -0.2) is 17.0 Å². The van der Waals surface area contributed by atoms with E-state index in [4.69, 9.17) is 9.84 Å². The van der Waals surface area contributed by atoms with E-state index in [1.165, 1.54) is 6.92 Å². The molecule has 1 aromatic carbocycles. The normalized spacial score (nSPS) is 12.1. The van der Waals surface area contributed by atoms with Crippen molar-refractivity contribution in [2.75, 3.05) is 0 Å². The Balaban J connectivity index is 2.84. The van der Waals surface area contributed by atoms with Crippen molar-refractivity contribution < 1.29 is 19.4 Å². The van der Waals surface area contributed by atoms with Crippen LogP contribution in [0.5, 0.6) is 0 Å². The highest BCUT2D eigenvalue weighted by Crippen LogP contribution is 2.25. The number of aliphatic carboxylic acids is 1. The van der Waals surface area contributed by atoms with E-state index in [2.05, 4.69) is 0 Å². The zero-order valence-corrected chi connectivity index (χ0v) is 10.6. The van der Waals surface area contributed by atoms with Crippen LogP contribution < -0.4 is 0 Å².